The second kappa shape index (κ2) is 10.8. The van der Waals surface area contributed by atoms with Crippen LogP contribution < -0.4 is 5.32 Å². The van der Waals surface area contributed by atoms with Crippen LogP contribution in [0.15, 0.2) is 0 Å². The normalized spacial score (nSPS) is 13.8. The van der Waals surface area contributed by atoms with Gasteiger partial charge in [0, 0.05) is 6.54 Å². The Kier molecular flexibility index (Phi) is 10.8. The number of nitrogens with one attached hydrogen (secondary N) is 1. The first-order valence-corrected chi connectivity index (χ1v) is 7.88. The van der Waals surface area contributed by atoms with Crippen LogP contribution in [0, 0.1) is 17.8 Å². The lowest BCUT2D eigenvalue weighted by Crippen LogP contribution is -2.35. The lowest BCUT2D eigenvalue weighted by molar-refractivity contribution is 0.212. The van der Waals surface area contributed by atoms with Gasteiger partial charge < -0.3 is 10.2 Å². The predicted molar refractivity (Wildman–Crippen MR) is 83.1 cm³/mol. The Balaban J connectivity index is 4.01. The third-order valence-electron chi connectivity index (χ3n) is 3.36. The van der Waals surface area contributed by atoms with E-state index in [0.717, 1.165) is 30.8 Å². The van der Waals surface area contributed by atoms with Crippen molar-refractivity contribution in [1.82, 2.24) is 10.2 Å². The van der Waals surface area contributed by atoms with Crippen molar-refractivity contribution in [1.29, 1.82) is 0 Å². The molecule has 0 rings (SSSR count). The van der Waals surface area contributed by atoms with E-state index in [4.69, 9.17) is 0 Å². The average Bonchev–Trinajstić information content (AvgIpc) is 2.29. The van der Waals surface area contributed by atoms with Gasteiger partial charge in [0.1, 0.15) is 0 Å². The summed E-state index contributed by atoms with van der Waals surface area (Å²) < 4.78 is 0. The molecule has 1 unspecified atom stereocenters. The largest absolute Gasteiger partial charge is 0.317 e. The van der Waals surface area contributed by atoms with Crippen LogP contribution in [0.2, 0.25) is 0 Å². The van der Waals surface area contributed by atoms with E-state index in [1.807, 2.05) is 0 Å². The zero-order valence-corrected chi connectivity index (χ0v) is 13.6. The van der Waals surface area contributed by atoms with Crippen molar-refractivity contribution < 1.29 is 0 Å². The maximum absolute atomic E-state index is 3.46. The fraction of sp³-hybridized carbons (Fsp3) is 1.00. The minimum absolute atomic E-state index is 0.754. The van der Waals surface area contributed by atoms with Gasteiger partial charge in [0.25, 0.3) is 0 Å². The molecule has 0 aliphatic rings. The fourth-order valence-corrected chi connectivity index (χ4v) is 2.07. The molecule has 1 N–H and O–H groups in total. The zero-order valence-electron chi connectivity index (χ0n) is 13.6. The van der Waals surface area contributed by atoms with Gasteiger partial charge in [0.2, 0.25) is 0 Å². The standard InChI is InChI=1S/C16H36N2/c1-7-17-12-16(6)13-18(10-8-14(2)3)11-9-15(4)5/h14-17H,7-13H2,1-6H3. The number of hydrogen-bond donors (Lipinski definition) is 1. The van der Waals surface area contributed by atoms with E-state index in [9.17, 15) is 0 Å². The molecule has 0 aromatic heterocycles. The Hall–Kier alpha value is -0.0800. The average molecular weight is 256 g/mol. The van der Waals surface area contributed by atoms with Crippen LogP contribution in [-0.2, 0) is 0 Å². The van der Waals surface area contributed by atoms with Crippen molar-refractivity contribution in [3.8, 4) is 0 Å². The summed E-state index contributed by atoms with van der Waals surface area (Å²) in [6.45, 7) is 19.8. The minimum atomic E-state index is 0.754. The highest BCUT2D eigenvalue weighted by atomic mass is 15.1. The van der Waals surface area contributed by atoms with Gasteiger partial charge in [-0.1, -0.05) is 41.5 Å². The topological polar surface area (TPSA) is 15.3 Å². The van der Waals surface area contributed by atoms with E-state index >= 15 is 0 Å². The van der Waals surface area contributed by atoms with Crippen molar-refractivity contribution in [2.24, 2.45) is 17.8 Å². The molecule has 0 aliphatic heterocycles. The summed E-state index contributed by atoms with van der Waals surface area (Å²) in [5.41, 5.74) is 0. The molecule has 0 saturated heterocycles. The highest BCUT2D eigenvalue weighted by Crippen LogP contribution is 2.08. The van der Waals surface area contributed by atoms with Gasteiger partial charge >= 0.3 is 0 Å². The smallest absolute Gasteiger partial charge is 0.00191 e. The minimum Gasteiger partial charge on any atom is -0.317 e. The Morgan fingerprint density at radius 3 is 1.78 bits per heavy atom. The van der Waals surface area contributed by atoms with Gasteiger partial charge in [-0.25, -0.2) is 0 Å². The first-order chi connectivity index (χ1) is 8.45. The molecule has 0 aromatic rings. The first-order valence-electron chi connectivity index (χ1n) is 7.88. The van der Waals surface area contributed by atoms with Gasteiger partial charge in [0.15, 0.2) is 0 Å². The third-order valence-corrected chi connectivity index (χ3v) is 3.36. The molecule has 0 radical (unpaired) electrons. The number of rotatable bonds is 11. The van der Waals surface area contributed by atoms with Crippen LogP contribution in [0.4, 0.5) is 0 Å². The summed E-state index contributed by atoms with van der Waals surface area (Å²) in [5.74, 6) is 2.38. The van der Waals surface area contributed by atoms with Crippen molar-refractivity contribution in [3.05, 3.63) is 0 Å². The van der Waals surface area contributed by atoms with E-state index in [2.05, 4.69) is 51.8 Å². The second-order valence-electron chi connectivity index (χ2n) is 6.58. The first kappa shape index (κ1) is 17.9. The lowest BCUT2D eigenvalue weighted by Gasteiger charge is -2.27. The molecule has 2 heteroatoms. The molecule has 1 atom stereocenters. The zero-order chi connectivity index (χ0) is 14.0. The van der Waals surface area contributed by atoms with Crippen LogP contribution in [0.5, 0.6) is 0 Å². The quantitative estimate of drug-likeness (QED) is 0.607. The van der Waals surface area contributed by atoms with Gasteiger partial charge in [-0.3, -0.25) is 0 Å². The molecule has 0 heterocycles. The molecule has 2 nitrogen and oxygen atoms in total. The molecule has 0 fully saturated rings. The third kappa shape index (κ3) is 11.0. The molecular formula is C16H36N2. The summed E-state index contributed by atoms with van der Waals surface area (Å²) in [6.07, 6.45) is 2.65. The van der Waals surface area contributed by atoms with Crippen LogP contribution >= 0.6 is 0 Å². The monoisotopic (exact) mass is 256 g/mol. The van der Waals surface area contributed by atoms with Gasteiger partial charge in [0.05, 0.1) is 0 Å². The van der Waals surface area contributed by atoms with E-state index < -0.39 is 0 Å². The Morgan fingerprint density at radius 1 is 0.889 bits per heavy atom. The molecule has 0 spiro atoms. The van der Waals surface area contributed by atoms with Crippen LogP contribution in [-0.4, -0.2) is 37.6 Å². The Labute approximate surface area is 116 Å². The molecule has 0 amide bonds. The van der Waals surface area contributed by atoms with Crippen molar-refractivity contribution in [2.75, 3.05) is 32.7 Å². The fourth-order valence-electron chi connectivity index (χ4n) is 2.07. The summed E-state index contributed by atoms with van der Waals surface area (Å²) in [7, 11) is 0. The molecule has 0 aliphatic carbocycles. The van der Waals surface area contributed by atoms with Gasteiger partial charge in [-0.2, -0.15) is 0 Å². The van der Waals surface area contributed by atoms with Crippen LogP contribution in [0.25, 0.3) is 0 Å². The SMILES string of the molecule is CCNCC(C)CN(CCC(C)C)CCC(C)C. The second-order valence-corrected chi connectivity index (χ2v) is 6.58. The van der Waals surface area contributed by atoms with Gasteiger partial charge in [-0.05, 0) is 56.8 Å². The molecule has 110 valence electrons. The predicted octanol–water partition coefficient (Wildman–Crippen LogP) is 3.63. The summed E-state index contributed by atoms with van der Waals surface area (Å²) in [6, 6.07) is 0. The van der Waals surface area contributed by atoms with Crippen LogP contribution in [0.1, 0.15) is 54.4 Å². The Morgan fingerprint density at radius 2 is 1.39 bits per heavy atom. The highest BCUT2D eigenvalue weighted by molar-refractivity contribution is 4.66. The molecular weight excluding hydrogens is 220 g/mol. The van der Waals surface area contributed by atoms with Crippen molar-refractivity contribution in [2.45, 2.75) is 54.4 Å². The van der Waals surface area contributed by atoms with Crippen molar-refractivity contribution in [3.63, 3.8) is 0 Å². The Bertz CT molecular complexity index is 166. The van der Waals surface area contributed by atoms with E-state index in [0.29, 0.717) is 0 Å². The summed E-state index contributed by atoms with van der Waals surface area (Å²) >= 11 is 0. The van der Waals surface area contributed by atoms with E-state index in [1.54, 1.807) is 0 Å². The lowest BCUT2D eigenvalue weighted by atomic mass is 10.1. The molecule has 0 saturated carbocycles. The molecule has 0 aromatic carbocycles. The maximum Gasteiger partial charge on any atom is 0.00191 e. The summed E-state index contributed by atoms with van der Waals surface area (Å²) in [5, 5.41) is 3.46. The number of hydrogen-bond acceptors (Lipinski definition) is 2. The maximum atomic E-state index is 3.46. The summed E-state index contributed by atoms with van der Waals surface area (Å²) in [4.78, 5) is 2.67. The number of nitrogens with zero attached hydrogens (tertiary/aromatic N) is 1. The van der Waals surface area contributed by atoms with Crippen LogP contribution in [0.3, 0.4) is 0 Å². The van der Waals surface area contributed by atoms with E-state index in [1.165, 1.54) is 32.5 Å². The van der Waals surface area contributed by atoms with Gasteiger partial charge in [-0.15, -0.1) is 0 Å². The van der Waals surface area contributed by atoms with E-state index in [-0.39, 0.29) is 0 Å². The van der Waals surface area contributed by atoms with Crippen molar-refractivity contribution >= 4 is 0 Å². The molecule has 0 bridgehead atoms. The molecule has 18 heavy (non-hydrogen) atoms. The highest BCUT2D eigenvalue weighted by Gasteiger charge is 2.11.